The summed E-state index contributed by atoms with van der Waals surface area (Å²) in [5.41, 5.74) is 9.21. The topological polar surface area (TPSA) is 52.0 Å². The highest BCUT2D eigenvalue weighted by molar-refractivity contribution is 9.10. The number of hydrogen-bond donors (Lipinski definition) is 2. The van der Waals surface area contributed by atoms with Crippen LogP contribution in [0.5, 0.6) is 0 Å². The third-order valence-electron chi connectivity index (χ3n) is 1.46. The Hall–Kier alpha value is -0.910. The zero-order valence-electron chi connectivity index (χ0n) is 6.32. The summed E-state index contributed by atoms with van der Waals surface area (Å²) in [5.74, 6) is 0. The molecule has 0 atom stereocenters. The Morgan fingerprint density at radius 3 is 2.15 bits per heavy atom. The average molecular weight is 255 g/mol. The Balaban J connectivity index is 3.37. The second kappa shape index (κ2) is 3.10. The van der Waals surface area contributed by atoms with Crippen LogP contribution >= 0.6 is 15.9 Å². The van der Waals surface area contributed by atoms with Gasteiger partial charge in [0.2, 0.25) is 0 Å². The number of nitrogens with two attached hydrogens (primary N) is 2. The molecule has 0 saturated carbocycles. The average Bonchev–Trinajstić information content (AvgIpc) is 1.94. The van der Waals surface area contributed by atoms with Gasteiger partial charge in [-0.15, -0.1) is 0 Å². The second-order valence-electron chi connectivity index (χ2n) is 2.46. The quantitative estimate of drug-likeness (QED) is 0.700. The smallest absolute Gasteiger partial charge is 0.399 e. The Morgan fingerprint density at radius 2 is 1.69 bits per heavy atom. The zero-order valence-corrected chi connectivity index (χ0v) is 7.91. The maximum atomic E-state index is 12.3. The van der Waals surface area contributed by atoms with Gasteiger partial charge in [-0.25, -0.2) is 0 Å². The summed E-state index contributed by atoms with van der Waals surface area (Å²) in [6, 6.07) is 2.13. The summed E-state index contributed by atoms with van der Waals surface area (Å²) in [4.78, 5) is 0. The van der Waals surface area contributed by atoms with Crippen molar-refractivity contribution in [1.82, 2.24) is 0 Å². The van der Waals surface area contributed by atoms with Gasteiger partial charge in [-0.05, 0) is 28.1 Å². The van der Waals surface area contributed by atoms with Crippen molar-refractivity contribution in [3.8, 4) is 0 Å². The predicted octanol–water partition coefficient (Wildman–Crippen LogP) is 2.63. The highest BCUT2D eigenvalue weighted by Crippen LogP contribution is 2.38. The van der Waals surface area contributed by atoms with Gasteiger partial charge in [0.05, 0.1) is 11.3 Å². The largest absolute Gasteiger partial charge is 0.418 e. The van der Waals surface area contributed by atoms with Crippen molar-refractivity contribution in [2.75, 3.05) is 11.5 Å². The van der Waals surface area contributed by atoms with Gasteiger partial charge < -0.3 is 11.5 Å². The van der Waals surface area contributed by atoms with Gasteiger partial charge in [0.25, 0.3) is 0 Å². The third kappa shape index (κ3) is 2.06. The summed E-state index contributed by atoms with van der Waals surface area (Å²) >= 11 is 2.88. The second-order valence-corrected chi connectivity index (χ2v) is 3.32. The maximum Gasteiger partial charge on any atom is 0.418 e. The van der Waals surface area contributed by atoms with E-state index in [9.17, 15) is 13.2 Å². The van der Waals surface area contributed by atoms with Gasteiger partial charge in [0.15, 0.2) is 0 Å². The van der Waals surface area contributed by atoms with Gasteiger partial charge in [-0.1, -0.05) is 0 Å². The SMILES string of the molecule is Nc1cc(Br)c(N)c(C(F)(F)F)c1. The van der Waals surface area contributed by atoms with Crippen LogP contribution in [-0.2, 0) is 6.18 Å². The van der Waals surface area contributed by atoms with Crippen LogP contribution < -0.4 is 11.5 Å². The Labute approximate surface area is 80.8 Å². The van der Waals surface area contributed by atoms with Crippen molar-refractivity contribution in [3.05, 3.63) is 22.2 Å². The van der Waals surface area contributed by atoms with Crippen LogP contribution in [0, 0.1) is 0 Å². The van der Waals surface area contributed by atoms with Gasteiger partial charge in [-0.2, -0.15) is 13.2 Å². The molecule has 0 fully saturated rings. The molecule has 0 aliphatic carbocycles. The van der Waals surface area contributed by atoms with E-state index in [1.54, 1.807) is 0 Å². The van der Waals surface area contributed by atoms with Crippen LogP contribution in [0.1, 0.15) is 5.56 Å². The molecule has 1 rings (SSSR count). The molecule has 72 valence electrons. The molecule has 0 amide bonds. The van der Waals surface area contributed by atoms with Crippen molar-refractivity contribution < 1.29 is 13.2 Å². The van der Waals surface area contributed by atoms with E-state index in [1.165, 1.54) is 6.07 Å². The molecule has 0 bridgehead atoms. The molecule has 6 heteroatoms. The molecule has 0 saturated heterocycles. The minimum Gasteiger partial charge on any atom is -0.399 e. The highest BCUT2D eigenvalue weighted by Gasteiger charge is 2.33. The lowest BCUT2D eigenvalue weighted by Crippen LogP contribution is -2.10. The summed E-state index contributed by atoms with van der Waals surface area (Å²) in [7, 11) is 0. The molecule has 1 aromatic carbocycles. The minimum atomic E-state index is -4.47. The van der Waals surface area contributed by atoms with E-state index in [0.717, 1.165) is 6.07 Å². The number of halogens is 4. The Kier molecular flexibility index (Phi) is 2.42. The fourth-order valence-electron chi connectivity index (χ4n) is 0.873. The normalized spacial score (nSPS) is 11.7. The lowest BCUT2D eigenvalue weighted by molar-refractivity contribution is -0.136. The van der Waals surface area contributed by atoms with Crippen LogP contribution in [0.15, 0.2) is 16.6 Å². The molecule has 4 N–H and O–H groups in total. The molecular formula is C7H6BrF3N2. The van der Waals surface area contributed by atoms with Crippen LogP contribution in [-0.4, -0.2) is 0 Å². The standard InChI is InChI=1S/C7H6BrF3N2/c8-5-2-3(12)1-4(6(5)13)7(9,10)11/h1-2H,12-13H2. The monoisotopic (exact) mass is 254 g/mol. The zero-order chi connectivity index (χ0) is 10.2. The van der Waals surface area contributed by atoms with Crippen LogP contribution in [0.2, 0.25) is 0 Å². The number of hydrogen-bond acceptors (Lipinski definition) is 2. The highest BCUT2D eigenvalue weighted by atomic mass is 79.9. The van der Waals surface area contributed by atoms with Crippen LogP contribution in [0.3, 0.4) is 0 Å². The van der Waals surface area contributed by atoms with Gasteiger partial charge >= 0.3 is 6.18 Å². The number of rotatable bonds is 0. The van der Waals surface area contributed by atoms with E-state index < -0.39 is 11.7 Å². The molecule has 0 unspecified atom stereocenters. The number of benzene rings is 1. The molecule has 0 aromatic heterocycles. The molecule has 2 nitrogen and oxygen atoms in total. The fraction of sp³-hybridized carbons (Fsp3) is 0.143. The minimum absolute atomic E-state index is 0.0217. The van der Waals surface area contributed by atoms with Gasteiger partial charge in [0, 0.05) is 10.2 Å². The molecule has 0 radical (unpaired) electrons. The number of alkyl halides is 3. The van der Waals surface area contributed by atoms with Crippen molar-refractivity contribution >= 4 is 27.3 Å². The number of anilines is 2. The fourth-order valence-corrected chi connectivity index (χ4v) is 1.35. The molecule has 0 heterocycles. The third-order valence-corrected chi connectivity index (χ3v) is 2.11. The summed E-state index contributed by atoms with van der Waals surface area (Å²) in [6.45, 7) is 0. The Bertz CT molecular complexity index is 335. The van der Waals surface area contributed by atoms with Gasteiger partial charge in [0.1, 0.15) is 0 Å². The molecular weight excluding hydrogens is 249 g/mol. The first-order valence-corrected chi connectivity index (χ1v) is 4.03. The first kappa shape index (κ1) is 10.2. The number of nitrogen functional groups attached to an aromatic ring is 2. The maximum absolute atomic E-state index is 12.3. The molecule has 1 aromatic rings. The lowest BCUT2D eigenvalue weighted by atomic mass is 10.1. The van der Waals surface area contributed by atoms with Gasteiger partial charge in [-0.3, -0.25) is 0 Å². The van der Waals surface area contributed by atoms with E-state index in [0.29, 0.717) is 0 Å². The van der Waals surface area contributed by atoms with Crippen molar-refractivity contribution in [1.29, 1.82) is 0 Å². The van der Waals surface area contributed by atoms with Crippen molar-refractivity contribution in [2.24, 2.45) is 0 Å². The Morgan fingerprint density at radius 1 is 1.15 bits per heavy atom. The predicted molar refractivity (Wildman–Crippen MR) is 48.0 cm³/mol. The van der Waals surface area contributed by atoms with E-state index in [2.05, 4.69) is 15.9 Å². The van der Waals surface area contributed by atoms with Crippen LogP contribution in [0.25, 0.3) is 0 Å². The molecule has 0 spiro atoms. The summed E-state index contributed by atoms with van der Waals surface area (Å²) in [6.07, 6.45) is -4.47. The van der Waals surface area contributed by atoms with E-state index in [4.69, 9.17) is 11.5 Å². The van der Waals surface area contributed by atoms with E-state index in [1.807, 2.05) is 0 Å². The molecule has 13 heavy (non-hydrogen) atoms. The molecule has 0 aliphatic rings. The lowest BCUT2D eigenvalue weighted by Gasteiger charge is -2.11. The first-order chi connectivity index (χ1) is 5.82. The van der Waals surface area contributed by atoms with E-state index >= 15 is 0 Å². The van der Waals surface area contributed by atoms with Crippen molar-refractivity contribution in [3.63, 3.8) is 0 Å². The van der Waals surface area contributed by atoms with Crippen molar-refractivity contribution in [2.45, 2.75) is 6.18 Å². The molecule has 0 aliphatic heterocycles. The van der Waals surface area contributed by atoms with Crippen LogP contribution in [0.4, 0.5) is 24.5 Å². The summed E-state index contributed by atoms with van der Waals surface area (Å²) < 4.78 is 36.9. The first-order valence-electron chi connectivity index (χ1n) is 3.24. The van der Waals surface area contributed by atoms with E-state index in [-0.39, 0.29) is 15.8 Å². The summed E-state index contributed by atoms with van der Waals surface area (Å²) in [5, 5.41) is 0.